The van der Waals surface area contributed by atoms with Gasteiger partial charge in [0, 0.05) is 18.6 Å². The largest absolute Gasteiger partial charge is 0.378 e. The summed E-state index contributed by atoms with van der Waals surface area (Å²) < 4.78 is 12.4. The van der Waals surface area contributed by atoms with Gasteiger partial charge in [-0.3, -0.25) is 0 Å². The fourth-order valence-electron chi connectivity index (χ4n) is 4.30. The summed E-state index contributed by atoms with van der Waals surface area (Å²) in [6.45, 7) is 15.2. The van der Waals surface area contributed by atoms with E-state index in [1.165, 1.54) is 32.1 Å². The Labute approximate surface area is 126 Å². The van der Waals surface area contributed by atoms with E-state index in [4.69, 9.17) is 9.47 Å². The molecule has 0 N–H and O–H groups in total. The molecular weight excluding hydrogens is 248 g/mol. The molecule has 1 rings (SSSR count). The van der Waals surface area contributed by atoms with Crippen molar-refractivity contribution in [3.8, 4) is 0 Å². The average molecular weight is 284 g/mol. The highest BCUT2D eigenvalue weighted by Gasteiger charge is 2.49. The fraction of sp³-hybridized carbons (Fsp3) is 1.00. The minimum atomic E-state index is 0.215. The van der Waals surface area contributed by atoms with Crippen LogP contribution < -0.4 is 0 Å². The first-order chi connectivity index (χ1) is 9.46. The first-order valence-corrected chi connectivity index (χ1v) is 8.69. The summed E-state index contributed by atoms with van der Waals surface area (Å²) in [7, 11) is 0. The van der Waals surface area contributed by atoms with Gasteiger partial charge in [0.05, 0.1) is 12.2 Å². The quantitative estimate of drug-likeness (QED) is 0.620. The highest BCUT2D eigenvalue weighted by molar-refractivity contribution is 4.98. The topological polar surface area (TPSA) is 18.5 Å². The highest BCUT2D eigenvalue weighted by Crippen LogP contribution is 2.49. The second-order valence-electron chi connectivity index (χ2n) is 7.25. The highest BCUT2D eigenvalue weighted by atomic mass is 16.5. The molecule has 1 aliphatic rings. The molecule has 1 saturated carbocycles. The first-order valence-electron chi connectivity index (χ1n) is 8.69. The zero-order valence-corrected chi connectivity index (χ0v) is 14.6. The Morgan fingerprint density at radius 1 is 0.850 bits per heavy atom. The molecule has 1 aliphatic carbocycles. The van der Waals surface area contributed by atoms with Crippen molar-refractivity contribution >= 4 is 0 Å². The molecule has 0 amide bonds. The van der Waals surface area contributed by atoms with Gasteiger partial charge in [-0.25, -0.2) is 0 Å². The maximum atomic E-state index is 6.20. The SMILES string of the molecule is CCOC1CCCC(OCC)C1(CC(C)C)CC(C)C. The summed E-state index contributed by atoms with van der Waals surface area (Å²) in [6, 6.07) is 0. The van der Waals surface area contributed by atoms with Crippen LogP contribution in [0.25, 0.3) is 0 Å². The Morgan fingerprint density at radius 3 is 1.55 bits per heavy atom. The Kier molecular flexibility index (Phi) is 7.53. The zero-order valence-electron chi connectivity index (χ0n) is 14.6. The molecule has 1 fully saturated rings. The molecule has 0 bridgehead atoms. The van der Waals surface area contributed by atoms with Gasteiger partial charge in [0.25, 0.3) is 0 Å². The molecule has 2 nitrogen and oxygen atoms in total. The zero-order chi connectivity index (χ0) is 15.2. The minimum Gasteiger partial charge on any atom is -0.378 e. The molecule has 0 aliphatic heterocycles. The lowest BCUT2D eigenvalue weighted by molar-refractivity contribution is -0.163. The van der Waals surface area contributed by atoms with Crippen LogP contribution in [0.4, 0.5) is 0 Å². The van der Waals surface area contributed by atoms with Crippen molar-refractivity contribution in [2.45, 2.75) is 85.9 Å². The van der Waals surface area contributed by atoms with Crippen LogP contribution >= 0.6 is 0 Å². The molecule has 0 aromatic rings. The maximum absolute atomic E-state index is 6.20. The van der Waals surface area contributed by atoms with Crippen LogP contribution in [-0.2, 0) is 9.47 Å². The molecule has 2 unspecified atom stereocenters. The van der Waals surface area contributed by atoms with Crippen molar-refractivity contribution in [2.75, 3.05) is 13.2 Å². The van der Waals surface area contributed by atoms with Gasteiger partial charge < -0.3 is 9.47 Å². The molecule has 20 heavy (non-hydrogen) atoms. The lowest BCUT2D eigenvalue weighted by Gasteiger charge is -2.51. The molecule has 0 radical (unpaired) electrons. The fourth-order valence-corrected chi connectivity index (χ4v) is 4.30. The molecule has 0 aromatic heterocycles. The van der Waals surface area contributed by atoms with Gasteiger partial charge >= 0.3 is 0 Å². The van der Waals surface area contributed by atoms with Crippen molar-refractivity contribution < 1.29 is 9.47 Å². The van der Waals surface area contributed by atoms with E-state index in [0.29, 0.717) is 24.0 Å². The standard InChI is InChI=1S/C18H36O2/c1-7-19-16-10-9-11-17(20-8-2)18(16,12-14(3)4)13-15(5)6/h14-17H,7-13H2,1-6H3. The Hall–Kier alpha value is -0.0800. The van der Waals surface area contributed by atoms with E-state index in [2.05, 4.69) is 41.5 Å². The molecule has 2 heteroatoms. The van der Waals surface area contributed by atoms with Gasteiger partial charge in [-0.2, -0.15) is 0 Å². The van der Waals surface area contributed by atoms with E-state index < -0.39 is 0 Å². The lowest BCUT2D eigenvalue weighted by atomic mass is 9.62. The summed E-state index contributed by atoms with van der Waals surface area (Å²) in [4.78, 5) is 0. The number of hydrogen-bond donors (Lipinski definition) is 0. The normalized spacial score (nSPS) is 26.4. The third kappa shape index (κ3) is 4.46. The predicted octanol–water partition coefficient (Wildman–Crippen LogP) is 5.06. The van der Waals surface area contributed by atoms with E-state index in [1.807, 2.05) is 0 Å². The van der Waals surface area contributed by atoms with Crippen LogP contribution in [0.2, 0.25) is 0 Å². The van der Waals surface area contributed by atoms with Crippen LogP contribution in [0, 0.1) is 17.3 Å². The van der Waals surface area contributed by atoms with Gasteiger partial charge in [-0.15, -0.1) is 0 Å². The third-order valence-corrected chi connectivity index (χ3v) is 4.53. The molecule has 120 valence electrons. The molecule has 0 heterocycles. The van der Waals surface area contributed by atoms with Gasteiger partial charge in [0.1, 0.15) is 0 Å². The molecule has 2 atom stereocenters. The number of rotatable bonds is 8. The Morgan fingerprint density at radius 2 is 1.25 bits per heavy atom. The maximum Gasteiger partial charge on any atom is 0.0656 e. The van der Waals surface area contributed by atoms with Crippen molar-refractivity contribution in [3.63, 3.8) is 0 Å². The van der Waals surface area contributed by atoms with Crippen molar-refractivity contribution in [1.82, 2.24) is 0 Å². The van der Waals surface area contributed by atoms with Gasteiger partial charge in [0.15, 0.2) is 0 Å². The van der Waals surface area contributed by atoms with Crippen molar-refractivity contribution in [2.24, 2.45) is 17.3 Å². The van der Waals surface area contributed by atoms with E-state index in [1.54, 1.807) is 0 Å². The van der Waals surface area contributed by atoms with Crippen LogP contribution in [0.15, 0.2) is 0 Å². The van der Waals surface area contributed by atoms with E-state index in [0.717, 1.165) is 13.2 Å². The lowest BCUT2D eigenvalue weighted by Crippen LogP contribution is -2.52. The summed E-state index contributed by atoms with van der Waals surface area (Å²) >= 11 is 0. The molecule has 0 aromatic carbocycles. The molecular formula is C18H36O2. The summed E-state index contributed by atoms with van der Waals surface area (Å²) in [5.41, 5.74) is 0.215. The summed E-state index contributed by atoms with van der Waals surface area (Å²) in [5, 5.41) is 0. The molecule has 0 saturated heterocycles. The van der Waals surface area contributed by atoms with E-state index >= 15 is 0 Å². The van der Waals surface area contributed by atoms with Gasteiger partial charge in [-0.05, 0) is 57.8 Å². The van der Waals surface area contributed by atoms with E-state index in [-0.39, 0.29) is 5.41 Å². The van der Waals surface area contributed by atoms with Crippen LogP contribution in [0.1, 0.15) is 73.6 Å². The first kappa shape index (κ1) is 18.0. The minimum absolute atomic E-state index is 0.215. The summed E-state index contributed by atoms with van der Waals surface area (Å²) in [5.74, 6) is 1.38. The number of hydrogen-bond acceptors (Lipinski definition) is 2. The van der Waals surface area contributed by atoms with Crippen LogP contribution in [0.5, 0.6) is 0 Å². The predicted molar refractivity (Wildman–Crippen MR) is 86.0 cm³/mol. The van der Waals surface area contributed by atoms with Crippen LogP contribution in [0.3, 0.4) is 0 Å². The van der Waals surface area contributed by atoms with Crippen LogP contribution in [-0.4, -0.2) is 25.4 Å². The Bertz CT molecular complexity index is 230. The third-order valence-electron chi connectivity index (χ3n) is 4.53. The number of ether oxygens (including phenoxy) is 2. The Balaban J connectivity index is 3.06. The second-order valence-corrected chi connectivity index (χ2v) is 7.25. The van der Waals surface area contributed by atoms with Gasteiger partial charge in [-0.1, -0.05) is 27.7 Å². The monoisotopic (exact) mass is 284 g/mol. The smallest absolute Gasteiger partial charge is 0.0656 e. The van der Waals surface area contributed by atoms with Crippen molar-refractivity contribution in [3.05, 3.63) is 0 Å². The van der Waals surface area contributed by atoms with Crippen molar-refractivity contribution in [1.29, 1.82) is 0 Å². The van der Waals surface area contributed by atoms with Gasteiger partial charge in [0.2, 0.25) is 0 Å². The molecule has 0 spiro atoms. The van der Waals surface area contributed by atoms with E-state index in [9.17, 15) is 0 Å². The average Bonchev–Trinajstić information content (AvgIpc) is 2.33. The summed E-state index contributed by atoms with van der Waals surface area (Å²) in [6.07, 6.45) is 6.85. The second kappa shape index (κ2) is 8.38.